The van der Waals surface area contributed by atoms with Crippen LogP contribution in [0.25, 0.3) is 0 Å². The van der Waals surface area contributed by atoms with Gasteiger partial charge in [0.2, 0.25) is 5.90 Å². The molecule has 0 saturated carbocycles. The smallest absolute Gasteiger partial charge is 0.225 e. The van der Waals surface area contributed by atoms with Crippen molar-refractivity contribution in [3.05, 3.63) is 0 Å². The van der Waals surface area contributed by atoms with Crippen LogP contribution in [0.2, 0.25) is 0 Å². The molecule has 4 heteroatoms. The Bertz CT molecular complexity index is 188. The Hall–Kier alpha value is -1.06. The molecule has 1 saturated heterocycles. The summed E-state index contributed by atoms with van der Waals surface area (Å²) in [7, 11) is 0. The van der Waals surface area contributed by atoms with E-state index in [1.54, 1.807) is 0 Å². The molecule has 0 spiro atoms. The fourth-order valence-corrected chi connectivity index (χ4v) is 1.19. The molecule has 1 rings (SSSR count). The van der Waals surface area contributed by atoms with E-state index in [1.807, 2.05) is 20.8 Å². The third-order valence-corrected chi connectivity index (χ3v) is 1.69. The second kappa shape index (κ2) is 2.22. The number of amidine groups is 1. The molecule has 0 aliphatic carbocycles. The molecule has 1 heterocycles. The van der Waals surface area contributed by atoms with E-state index in [4.69, 9.17) is 15.7 Å². The highest BCUT2D eigenvalue weighted by molar-refractivity contribution is 6.04. The van der Waals surface area contributed by atoms with Crippen molar-refractivity contribution in [1.29, 1.82) is 10.8 Å². The maximum Gasteiger partial charge on any atom is 0.225 e. The lowest BCUT2D eigenvalue weighted by Gasteiger charge is -2.22. The Balaban J connectivity index is 2.85. The minimum absolute atomic E-state index is 0.113. The minimum atomic E-state index is -0.220. The number of hydroxylamine groups is 1. The van der Waals surface area contributed by atoms with Crippen LogP contribution in [0.4, 0.5) is 0 Å². The van der Waals surface area contributed by atoms with Crippen LogP contribution in [0.15, 0.2) is 0 Å². The Labute approximate surface area is 65.9 Å². The summed E-state index contributed by atoms with van der Waals surface area (Å²) in [4.78, 5) is 4.71. The van der Waals surface area contributed by atoms with Gasteiger partial charge >= 0.3 is 0 Å². The minimum Gasteiger partial charge on any atom is -0.365 e. The van der Waals surface area contributed by atoms with Gasteiger partial charge in [-0.15, -0.1) is 0 Å². The predicted octanol–water partition coefficient (Wildman–Crippen LogP) is 1.14. The summed E-state index contributed by atoms with van der Waals surface area (Å²) in [6, 6.07) is 0. The van der Waals surface area contributed by atoms with E-state index in [0.717, 1.165) is 0 Å². The maximum absolute atomic E-state index is 7.41. The predicted molar refractivity (Wildman–Crippen MR) is 42.6 cm³/mol. The summed E-state index contributed by atoms with van der Waals surface area (Å²) in [6.45, 7) is 5.95. The molecule has 4 nitrogen and oxygen atoms in total. The molecule has 1 atom stereocenters. The fraction of sp³-hybridized carbons (Fsp3) is 0.714. The van der Waals surface area contributed by atoms with Gasteiger partial charge in [0.05, 0.1) is 0 Å². The SMILES string of the molecule is CC(C)(C)C1C(=N)NOC1=N. The van der Waals surface area contributed by atoms with Gasteiger partial charge in [0.15, 0.2) is 0 Å². The van der Waals surface area contributed by atoms with Gasteiger partial charge in [0.25, 0.3) is 0 Å². The molecule has 1 aliphatic rings. The van der Waals surface area contributed by atoms with Gasteiger partial charge in [0, 0.05) is 0 Å². The van der Waals surface area contributed by atoms with E-state index in [-0.39, 0.29) is 23.1 Å². The van der Waals surface area contributed by atoms with Gasteiger partial charge in [-0.2, -0.15) is 0 Å². The van der Waals surface area contributed by atoms with Crippen molar-refractivity contribution in [3.63, 3.8) is 0 Å². The van der Waals surface area contributed by atoms with Gasteiger partial charge in [-0.25, -0.2) is 5.48 Å². The Morgan fingerprint density at radius 1 is 1.36 bits per heavy atom. The molecular weight excluding hydrogens is 142 g/mol. The fourth-order valence-electron chi connectivity index (χ4n) is 1.19. The normalized spacial score (nSPS) is 24.8. The van der Waals surface area contributed by atoms with Crippen LogP contribution in [-0.4, -0.2) is 11.7 Å². The van der Waals surface area contributed by atoms with E-state index in [9.17, 15) is 0 Å². The van der Waals surface area contributed by atoms with Crippen molar-refractivity contribution in [3.8, 4) is 0 Å². The van der Waals surface area contributed by atoms with Crippen molar-refractivity contribution in [2.75, 3.05) is 0 Å². The quantitative estimate of drug-likeness (QED) is 0.491. The van der Waals surface area contributed by atoms with Gasteiger partial charge in [-0.05, 0) is 5.41 Å². The van der Waals surface area contributed by atoms with Crippen LogP contribution in [0.3, 0.4) is 0 Å². The van der Waals surface area contributed by atoms with E-state index >= 15 is 0 Å². The first-order chi connectivity index (χ1) is 4.93. The highest BCUT2D eigenvalue weighted by Gasteiger charge is 2.39. The summed E-state index contributed by atoms with van der Waals surface area (Å²) in [5.74, 6) is 0.201. The van der Waals surface area contributed by atoms with E-state index in [0.29, 0.717) is 0 Å². The largest absolute Gasteiger partial charge is 0.365 e. The average molecular weight is 155 g/mol. The molecule has 0 amide bonds. The van der Waals surface area contributed by atoms with Crippen molar-refractivity contribution < 1.29 is 4.84 Å². The molecule has 1 unspecified atom stereocenters. The number of hydrogen-bond acceptors (Lipinski definition) is 3. The van der Waals surface area contributed by atoms with Crippen LogP contribution in [-0.2, 0) is 4.84 Å². The number of rotatable bonds is 0. The third kappa shape index (κ3) is 1.34. The zero-order valence-electron chi connectivity index (χ0n) is 6.99. The zero-order chi connectivity index (χ0) is 8.65. The molecule has 0 aromatic carbocycles. The zero-order valence-corrected chi connectivity index (χ0v) is 6.99. The number of nitrogens with one attached hydrogen (secondary N) is 3. The lowest BCUT2D eigenvalue weighted by molar-refractivity contribution is 0.253. The molecule has 11 heavy (non-hydrogen) atoms. The molecule has 0 bridgehead atoms. The first kappa shape index (κ1) is 8.04. The summed E-state index contributed by atoms with van der Waals surface area (Å²) in [6.07, 6.45) is 0. The molecule has 3 N–H and O–H groups in total. The Morgan fingerprint density at radius 3 is 2.09 bits per heavy atom. The summed E-state index contributed by atoms with van der Waals surface area (Å²) in [5.41, 5.74) is 2.27. The van der Waals surface area contributed by atoms with Gasteiger partial charge in [-0.3, -0.25) is 10.8 Å². The standard InChI is InChI=1S/C7H13N3O/c1-7(2,3)4-5(8)10-11-6(4)9/h4,9H,1-3H3,(H2,8,10). The molecule has 1 aliphatic heterocycles. The van der Waals surface area contributed by atoms with E-state index in [2.05, 4.69) is 5.48 Å². The van der Waals surface area contributed by atoms with Crippen LogP contribution in [0, 0.1) is 22.2 Å². The van der Waals surface area contributed by atoms with Crippen LogP contribution in [0.1, 0.15) is 20.8 Å². The average Bonchev–Trinajstić information content (AvgIpc) is 2.08. The summed E-state index contributed by atoms with van der Waals surface area (Å²) in [5, 5.41) is 14.8. The first-order valence-electron chi connectivity index (χ1n) is 3.52. The van der Waals surface area contributed by atoms with E-state index in [1.165, 1.54) is 0 Å². The summed E-state index contributed by atoms with van der Waals surface area (Å²) >= 11 is 0. The lowest BCUT2D eigenvalue weighted by Crippen LogP contribution is -2.31. The van der Waals surface area contributed by atoms with Gasteiger partial charge in [-0.1, -0.05) is 20.8 Å². The van der Waals surface area contributed by atoms with Gasteiger partial charge < -0.3 is 4.84 Å². The molecule has 0 radical (unpaired) electrons. The second-order valence-electron chi connectivity index (χ2n) is 3.78. The first-order valence-corrected chi connectivity index (χ1v) is 3.52. The third-order valence-electron chi connectivity index (χ3n) is 1.69. The molecule has 0 aromatic heterocycles. The van der Waals surface area contributed by atoms with E-state index < -0.39 is 0 Å². The number of hydrogen-bond donors (Lipinski definition) is 3. The highest BCUT2D eigenvalue weighted by atomic mass is 16.7. The van der Waals surface area contributed by atoms with Gasteiger partial charge in [0.1, 0.15) is 11.8 Å². The lowest BCUT2D eigenvalue weighted by atomic mass is 9.80. The Morgan fingerprint density at radius 2 is 1.91 bits per heavy atom. The maximum atomic E-state index is 7.41. The monoisotopic (exact) mass is 155 g/mol. The second-order valence-corrected chi connectivity index (χ2v) is 3.78. The summed E-state index contributed by atoms with van der Waals surface area (Å²) < 4.78 is 0. The van der Waals surface area contributed by atoms with Crippen LogP contribution < -0.4 is 5.48 Å². The topological polar surface area (TPSA) is 69.0 Å². The van der Waals surface area contributed by atoms with Crippen molar-refractivity contribution >= 4 is 11.7 Å². The molecule has 62 valence electrons. The molecular formula is C7H13N3O. The van der Waals surface area contributed by atoms with Crippen molar-refractivity contribution in [1.82, 2.24) is 5.48 Å². The highest BCUT2D eigenvalue weighted by Crippen LogP contribution is 2.29. The van der Waals surface area contributed by atoms with Crippen LogP contribution >= 0.6 is 0 Å². The van der Waals surface area contributed by atoms with Crippen molar-refractivity contribution in [2.45, 2.75) is 20.8 Å². The molecule has 1 fully saturated rings. The van der Waals surface area contributed by atoms with Crippen molar-refractivity contribution in [2.24, 2.45) is 11.3 Å². The Kier molecular flexibility index (Phi) is 1.62. The molecule has 0 aromatic rings. The van der Waals surface area contributed by atoms with Crippen LogP contribution in [0.5, 0.6) is 0 Å².